The van der Waals surface area contributed by atoms with Gasteiger partial charge in [0.05, 0.1) is 32.5 Å². The second-order valence-corrected chi connectivity index (χ2v) is 12.5. The number of rotatable bonds is 6. The highest BCUT2D eigenvalue weighted by molar-refractivity contribution is 6.00. The van der Waals surface area contributed by atoms with Crippen LogP contribution in [0.15, 0.2) is 42.6 Å². The molecule has 6 heterocycles. The summed E-state index contributed by atoms with van der Waals surface area (Å²) in [6.07, 6.45) is 4.50. The summed E-state index contributed by atoms with van der Waals surface area (Å²) in [4.78, 5) is 49.0. The van der Waals surface area contributed by atoms with E-state index in [1.165, 1.54) is 5.56 Å². The summed E-state index contributed by atoms with van der Waals surface area (Å²) in [7, 11) is 4.17. The van der Waals surface area contributed by atoms with Gasteiger partial charge in [0.2, 0.25) is 0 Å². The number of fused-ring (bicyclic) bond motifs is 3. The van der Waals surface area contributed by atoms with Crippen molar-refractivity contribution in [1.82, 2.24) is 24.8 Å². The fourth-order valence-corrected chi connectivity index (χ4v) is 6.73. The molecule has 0 bridgehead atoms. The van der Waals surface area contributed by atoms with Crippen LogP contribution in [-0.4, -0.2) is 122 Å². The Kier molecular flexibility index (Phi) is 8.69. The molecule has 4 aliphatic heterocycles. The van der Waals surface area contributed by atoms with Crippen LogP contribution >= 0.6 is 0 Å². The first-order valence-electron chi connectivity index (χ1n) is 16.1. The van der Waals surface area contributed by atoms with Crippen molar-refractivity contribution in [2.24, 2.45) is 0 Å². The Bertz CT molecular complexity index is 1550. The minimum absolute atomic E-state index is 0.0201. The molecule has 3 fully saturated rings. The summed E-state index contributed by atoms with van der Waals surface area (Å²) in [5.41, 5.74) is 3.14. The molecule has 3 amide bonds. The van der Waals surface area contributed by atoms with Crippen molar-refractivity contribution in [3.63, 3.8) is 0 Å². The molecule has 242 valence electrons. The maximum atomic E-state index is 13.0. The van der Waals surface area contributed by atoms with Gasteiger partial charge in [0, 0.05) is 73.8 Å². The Balaban J connectivity index is 0.996. The molecule has 7 rings (SSSR count). The summed E-state index contributed by atoms with van der Waals surface area (Å²) >= 11 is 0. The standard InChI is InChI=1S/C33H41N9O4/c1-39(2)25-9-11-41(12-10-25)32(43)22-3-6-24(7-4-22)35-33(44)36-28-8-5-23(20-34-28)29-37-30(40-13-16-45-17-14-40)27-19-26-21-46-18-15-42(26)31(27)38-29/h3-8,20,25-26H,9-19,21H2,1-2H3,(H2,34,35,36,44)/t26-/m1/s1. The van der Waals surface area contributed by atoms with E-state index < -0.39 is 6.03 Å². The van der Waals surface area contributed by atoms with Crippen LogP contribution in [0.5, 0.6) is 0 Å². The molecule has 13 heteroatoms. The number of benzene rings is 1. The first-order chi connectivity index (χ1) is 22.4. The van der Waals surface area contributed by atoms with Crippen molar-refractivity contribution in [3.05, 3.63) is 53.7 Å². The Hall–Kier alpha value is -4.33. The number of nitrogens with one attached hydrogen (secondary N) is 2. The van der Waals surface area contributed by atoms with Gasteiger partial charge in [-0.2, -0.15) is 0 Å². The molecule has 1 atom stereocenters. The van der Waals surface area contributed by atoms with Gasteiger partial charge in [-0.05, 0) is 63.3 Å². The van der Waals surface area contributed by atoms with Crippen molar-refractivity contribution in [1.29, 1.82) is 0 Å². The fourth-order valence-electron chi connectivity index (χ4n) is 6.73. The first kappa shape index (κ1) is 30.3. The van der Waals surface area contributed by atoms with Crippen LogP contribution in [0, 0.1) is 0 Å². The Labute approximate surface area is 268 Å². The van der Waals surface area contributed by atoms with Crippen LogP contribution in [0.2, 0.25) is 0 Å². The normalized spacial score (nSPS) is 20.0. The van der Waals surface area contributed by atoms with Crippen LogP contribution in [0.4, 0.5) is 27.9 Å². The topological polar surface area (TPSA) is 128 Å². The molecule has 1 aromatic carbocycles. The number of morpholine rings is 2. The number of anilines is 4. The highest BCUT2D eigenvalue weighted by atomic mass is 16.5. The van der Waals surface area contributed by atoms with Gasteiger partial charge in [-0.25, -0.2) is 19.7 Å². The predicted molar refractivity (Wildman–Crippen MR) is 176 cm³/mol. The molecule has 2 N–H and O–H groups in total. The Morgan fingerprint density at radius 3 is 2.33 bits per heavy atom. The van der Waals surface area contributed by atoms with Crippen LogP contribution in [0.25, 0.3) is 11.4 Å². The van der Waals surface area contributed by atoms with Crippen molar-refractivity contribution >= 4 is 35.1 Å². The van der Waals surface area contributed by atoms with Crippen molar-refractivity contribution in [3.8, 4) is 11.4 Å². The lowest BCUT2D eigenvalue weighted by atomic mass is 10.0. The number of likely N-dealkylation sites (tertiary alicyclic amines) is 1. The minimum Gasteiger partial charge on any atom is -0.378 e. The van der Waals surface area contributed by atoms with E-state index in [4.69, 9.17) is 19.4 Å². The molecule has 3 saturated heterocycles. The monoisotopic (exact) mass is 627 g/mol. The largest absolute Gasteiger partial charge is 0.378 e. The van der Waals surface area contributed by atoms with Crippen LogP contribution in [0.3, 0.4) is 0 Å². The molecule has 0 radical (unpaired) electrons. The minimum atomic E-state index is -0.424. The number of amides is 3. The lowest BCUT2D eigenvalue weighted by Crippen LogP contribution is -2.44. The molecule has 3 aromatic rings. The lowest BCUT2D eigenvalue weighted by molar-refractivity contribution is 0.0663. The number of urea groups is 1. The average Bonchev–Trinajstić information content (AvgIpc) is 3.47. The highest BCUT2D eigenvalue weighted by Gasteiger charge is 2.37. The number of pyridine rings is 1. The molecule has 0 unspecified atom stereocenters. The van der Waals surface area contributed by atoms with Gasteiger partial charge in [0.15, 0.2) is 5.82 Å². The van der Waals surface area contributed by atoms with E-state index in [1.54, 1.807) is 36.5 Å². The molecule has 46 heavy (non-hydrogen) atoms. The van der Waals surface area contributed by atoms with E-state index in [1.807, 2.05) is 11.0 Å². The van der Waals surface area contributed by atoms with Gasteiger partial charge in [0.25, 0.3) is 5.91 Å². The maximum Gasteiger partial charge on any atom is 0.324 e. The van der Waals surface area contributed by atoms with Gasteiger partial charge < -0.3 is 34.4 Å². The third-order valence-corrected chi connectivity index (χ3v) is 9.35. The average molecular weight is 628 g/mol. The first-order valence-corrected chi connectivity index (χ1v) is 16.1. The smallest absolute Gasteiger partial charge is 0.324 e. The Morgan fingerprint density at radius 1 is 0.870 bits per heavy atom. The third kappa shape index (κ3) is 6.35. The lowest BCUT2D eigenvalue weighted by Gasteiger charge is -2.35. The zero-order chi connectivity index (χ0) is 31.6. The summed E-state index contributed by atoms with van der Waals surface area (Å²) in [5, 5.41) is 5.61. The van der Waals surface area contributed by atoms with E-state index >= 15 is 0 Å². The van der Waals surface area contributed by atoms with Crippen LogP contribution < -0.4 is 20.4 Å². The number of nitrogens with zero attached hydrogens (tertiary/aromatic N) is 7. The molecule has 2 aromatic heterocycles. The van der Waals surface area contributed by atoms with Gasteiger partial charge in [-0.15, -0.1) is 0 Å². The van der Waals surface area contributed by atoms with E-state index in [0.29, 0.717) is 55.4 Å². The molecular weight excluding hydrogens is 586 g/mol. The van der Waals surface area contributed by atoms with Gasteiger partial charge in [-0.3, -0.25) is 10.1 Å². The second kappa shape index (κ2) is 13.2. The number of carbonyl (C=O) groups is 2. The predicted octanol–water partition coefficient (Wildman–Crippen LogP) is 2.95. The summed E-state index contributed by atoms with van der Waals surface area (Å²) in [5.74, 6) is 2.96. The summed E-state index contributed by atoms with van der Waals surface area (Å²) in [6, 6.07) is 11.0. The van der Waals surface area contributed by atoms with E-state index in [-0.39, 0.29) is 11.9 Å². The van der Waals surface area contributed by atoms with E-state index in [2.05, 4.69) is 44.4 Å². The van der Waals surface area contributed by atoms with Gasteiger partial charge >= 0.3 is 6.03 Å². The number of ether oxygens (including phenoxy) is 2. The number of piperidine rings is 1. The van der Waals surface area contributed by atoms with Gasteiger partial charge in [0.1, 0.15) is 17.5 Å². The molecule has 0 saturated carbocycles. The quantitative estimate of drug-likeness (QED) is 0.421. The zero-order valence-electron chi connectivity index (χ0n) is 26.4. The third-order valence-electron chi connectivity index (χ3n) is 9.35. The molecule has 13 nitrogen and oxygen atoms in total. The SMILES string of the molecule is CN(C)C1CCN(C(=O)c2ccc(NC(=O)Nc3ccc(-c4nc(N5CCOCC5)c5c(n4)N4CCOC[C@H]4C5)cn3)cc2)CC1. The van der Waals surface area contributed by atoms with Gasteiger partial charge in [-0.1, -0.05) is 0 Å². The van der Waals surface area contributed by atoms with E-state index in [9.17, 15) is 9.59 Å². The summed E-state index contributed by atoms with van der Waals surface area (Å²) < 4.78 is 11.4. The van der Waals surface area contributed by atoms with Crippen molar-refractivity contribution in [2.75, 3.05) is 93.7 Å². The highest BCUT2D eigenvalue weighted by Crippen LogP contribution is 2.39. The molecular formula is C33H41N9O4. The van der Waals surface area contributed by atoms with Crippen LogP contribution in [0.1, 0.15) is 28.8 Å². The summed E-state index contributed by atoms with van der Waals surface area (Å²) in [6.45, 7) is 6.60. The fraction of sp³-hybridized carbons (Fsp3) is 0.485. The maximum absolute atomic E-state index is 13.0. The van der Waals surface area contributed by atoms with E-state index in [0.717, 1.165) is 69.2 Å². The van der Waals surface area contributed by atoms with Crippen LogP contribution in [-0.2, 0) is 15.9 Å². The molecule has 0 aliphatic carbocycles. The number of aromatic nitrogens is 3. The van der Waals surface area contributed by atoms with Crippen molar-refractivity contribution in [2.45, 2.75) is 31.3 Å². The molecule has 0 spiro atoms. The van der Waals surface area contributed by atoms with Crippen molar-refractivity contribution < 1.29 is 19.1 Å². The zero-order valence-corrected chi connectivity index (χ0v) is 26.4. The number of hydrogen-bond donors (Lipinski definition) is 2. The second-order valence-electron chi connectivity index (χ2n) is 12.5. The number of carbonyl (C=O) groups excluding carboxylic acids is 2. The Morgan fingerprint density at radius 2 is 1.61 bits per heavy atom. The number of hydrogen-bond acceptors (Lipinski definition) is 10. The molecule has 4 aliphatic rings.